The van der Waals surface area contributed by atoms with Crippen molar-refractivity contribution in [3.63, 3.8) is 0 Å². The van der Waals surface area contributed by atoms with Gasteiger partial charge in [-0.15, -0.1) is 0 Å². The van der Waals surface area contributed by atoms with Crippen molar-refractivity contribution < 1.29 is 14.6 Å². The number of H-pyrrole nitrogens is 1. The zero-order valence-electron chi connectivity index (χ0n) is 14.4. The van der Waals surface area contributed by atoms with Crippen molar-refractivity contribution in [2.75, 3.05) is 6.61 Å². The molecule has 1 atom stereocenters. The molecule has 2 heterocycles. The number of hydrogen-bond donors (Lipinski definition) is 3. The summed E-state index contributed by atoms with van der Waals surface area (Å²) in [6.07, 6.45) is 7.76. The highest BCUT2D eigenvalue weighted by atomic mass is 16.5. The number of aromatic nitrogens is 2. The van der Waals surface area contributed by atoms with Gasteiger partial charge in [0.25, 0.3) is 5.91 Å². The van der Waals surface area contributed by atoms with Crippen LogP contribution in [0.2, 0.25) is 0 Å². The van der Waals surface area contributed by atoms with E-state index in [-0.39, 0.29) is 24.2 Å². The fourth-order valence-electron chi connectivity index (χ4n) is 4.24. The van der Waals surface area contributed by atoms with Crippen molar-refractivity contribution in [2.45, 2.75) is 63.2 Å². The fraction of sp³-hybridized carbons (Fsp3) is 0.579. The van der Waals surface area contributed by atoms with Gasteiger partial charge < -0.3 is 20.1 Å². The summed E-state index contributed by atoms with van der Waals surface area (Å²) in [4.78, 5) is 19.9. The summed E-state index contributed by atoms with van der Waals surface area (Å²) in [5.74, 6) is 0.455. The van der Waals surface area contributed by atoms with Crippen LogP contribution in [-0.4, -0.2) is 39.2 Å². The van der Waals surface area contributed by atoms with E-state index in [1.165, 1.54) is 19.3 Å². The zero-order chi connectivity index (χ0) is 17.3. The molecule has 1 amide bonds. The number of aliphatic hydroxyl groups excluding tert-OH is 1. The average molecular weight is 343 g/mol. The molecule has 1 saturated carbocycles. The van der Waals surface area contributed by atoms with Crippen molar-refractivity contribution >= 4 is 16.9 Å². The van der Waals surface area contributed by atoms with Crippen LogP contribution in [0.5, 0.6) is 0 Å². The first kappa shape index (κ1) is 16.5. The number of ether oxygens (including phenoxy) is 1. The highest BCUT2D eigenvalue weighted by molar-refractivity contribution is 5.97. The van der Waals surface area contributed by atoms with Crippen LogP contribution in [0.3, 0.4) is 0 Å². The number of fused-ring (bicyclic) bond motifs is 1. The molecule has 1 aliphatic carbocycles. The lowest BCUT2D eigenvalue weighted by Gasteiger charge is -2.43. The lowest BCUT2D eigenvalue weighted by Crippen LogP contribution is -2.49. The maximum absolute atomic E-state index is 12.7. The second-order valence-electron chi connectivity index (χ2n) is 7.33. The summed E-state index contributed by atoms with van der Waals surface area (Å²) < 4.78 is 6.11. The monoisotopic (exact) mass is 343 g/mol. The summed E-state index contributed by atoms with van der Waals surface area (Å²) in [5, 5.41) is 12.4. The molecule has 1 aliphatic heterocycles. The molecule has 0 bridgehead atoms. The Kier molecular flexibility index (Phi) is 4.48. The average Bonchev–Trinajstić information content (AvgIpc) is 3.05. The Labute approximate surface area is 147 Å². The molecule has 2 fully saturated rings. The number of carbonyl (C=O) groups excluding carboxylic acids is 1. The molecule has 25 heavy (non-hydrogen) atoms. The van der Waals surface area contributed by atoms with Gasteiger partial charge >= 0.3 is 0 Å². The number of aliphatic hydroxyl groups is 1. The van der Waals surface area contributed by atoms with Crippen LogP contribution in [-0.2, 0) is 11.3 Å². The number of benzene rings is 1. The number of rotatable bonds is 3. The van der Waals surface area contributed by atoms with Crippen molar-refractivity contribution in [1.29, 1.82) is 0 Å². The van der Waals surface area contributed by atoms with E-state index in [9.17, 15) is 4.79 Å². The zero-order valence-corrected chi connectivity index (χ0v) is 14.4. The largest absolute Gasteiger partial charge is 0.388 e. The van der Waals surface area contributed by atoms with Crippen LogP contribution >= 0.6 is 0 Å². The van der Waals surface area contributed by atoms with E-state index >= 15 is 0 Å². The Balaban J connectivity index is 1.45. The van der Waals surface area contributed by atoms with Crippen molar-refractivity contribution in [1.82, 2.24) is 15.3 Å². The minimum absolute atomic E-state index is 0.0161. The number of nitrogens with zero attached hydrogens (tertiary/aromatic N) is 1. The lowest BCUT2D eigenvalue weighted by atomic mass is 9.78. The molecule has 4 rings (SSSR count). The third-order valence-electron chi connectivity index (χ3n) is 5.54. The predicted octanol–water partition coefficient (Wildman–Crippen LogP) is 2.67. The molecule has 0 radical (unpaired) electrons. The number of aromatic amines is 1. The van der Waals surface area contributed by atoms with Gasteiger partial charge in [0.1, 0.15) is 12.4 Å². The van der Waals surface area contributed by atoms with E-state index < -0.39 is 0 Å². The summed E-state index contributed by atoms with van der Waals surface area (Å²) >= 11 is 0. The minimum atomic E-state index is -0.139. The van der Waals surface area contributed by atoms with Gasteiger partial charge in [-0.05, 0) is 43.9 Å². The topological polar surface area (TPSA) is 87.2 Å². The smallest absolute Gasteiger partial charge is 0.251 e. The van der Waals surface area contributed by atoms with Gasteiger partial charge in [0.05, 0.1) is 16.6 Å². The Morgan fingerprint density at radius 3 is 3.00 bits per heavy atom. The van der Waals surface area contributed by atoms with Gasteiger partial charge in [-0.25, -0.2) is 4.98 Å². The normalized spacial score (nSPS) is 23.0. The number of amides is 1. The molecule has 1 aromatic heterocycles. The van der Waals surface area contributed by atoms with E-state index in [2.05, 4.69) is 15.3 Å². The standard InChI is InChI=1S/C19H25N3O3/c23-12-17-21-15-5-4-13(10-16(15)22-17)18(24)20-14-6-9-25-19(11-14)7-2-1-3-8-19/h4-5,10,14,23H,1-3,6-9,11-12H2,(H,20,24)(H,21,22). The van der Waals surface area contributed by atoms with Crippen LogP contribution in [0.25, 0.3) is 11.0 Å². The van der Waals surface area contributed by atoms with Crippen LogP contribution in [0, 0.1) is 0 Å². The van der Waals surface area contributed by atoms with E-state index in [1.54, 1.807) is 12.1 Å². The van der Waals surface area contributed by atoms with Crippen LogP contribution in [0.1, 0.15) is 61.1 Å². The second-order valence-corrected chi connectivity index (χ2v) is 7.33. The van der Waals surface area contributed by atoms with E-state index in [4.69, 9.17) is 9.84 Å². The lowest BCUT2D eigenvalue weighted by molar-refractivity contribution is -0.107. The molecule has 3 N–H and O–H groups in total. The molecule has 6 nitrogen and oxygen atoms in total. The molecule has 134 valence electrons. The van der Waals surface area contributed by atoms with Gasteiger partial charge in [0.2, 0.25) is 0 Å². The quantitative estimate of drug-likeness (QED) is 0.799. The van der Waals surface area contributed by atoms with Crippen LogP contribution in [0.4, 0.5) is 0 Å². The minimum Gasteiger partial charge on any atom is -0.388 e. The number of carbonyl (C=O) groups is 1. The van der Waals surface area contributed by atoms with Crippen LogP contribution in [0.15, 0.2) is 18.2 Å². The molecular formula is C19H25N3O3. The maximum atomic E-state index is 12.7. The van der Waals surface area contributed by atoms with Gasteiger partial charge in [0, 0.05) is 18.2 Å². The van der Waals surface area contributed by atoms with Crippen molar-refractivity contribution in [2.24, 2.45) is 0 Å². The first-order valence-electron chi connectivity index (χ1n) is 9.22. The second kappa shape index (κ2) is 6.77. The van der Waals surface area contributed by atoms with E-state index in [0.717, 1.165) is 43.3 Å². The summed E-state index contributed by atoms with van der Waals surface area (Å²) in [5.41, 5.74) is 2.13. The van der Waals surface area contributed by atoms with E-state index in [0.29, 0.717) is 11.4 Å². The molecule has 2 aliphatic rings. The van der Waals surface area contributed by atoms with Gasteiger partial charge in [-0.1, -0.05) is 19.3 Å². The number of hydrogen-bond acceptors (Lipinski definition) is 4. The highest BCUT2D eigenvalue weighted by Gasteiger charge is 2.38. The number of imidazole rings is 1. The molecule has 1 saturated heterocycles. The van der Waals surface area contributed by atoms with Gasteiger partial charge in [0.15, 0.2) is 0 Å². The first-order valence-corrected chi connectivity index (χ1v) is 9.22. The van der Waals surface area contributed by atoms with Gasteiger partial charge in [-0.2, -0.15) is 0 Å². The Bertz CT molecular complexity index is 759. The predicted molar refractivity (Wildman–Crippen MR) is 94.3 cm³/mol. The van der Waals surface area contributed by atoms with Gasteiger partial charge in [-0.3, -0.25) is 4.79 Å². The number of nitrogens with one attached hydrogen (secondary N) is 2. The third kappa shape index (κ3) is 3.41. The molecule has 6 heteroatoms. The Morgan fingerprint density at radius 1 is 1.36 bits per heavy atom. The summed E-state index contributed by atoms with van der Waals surface area (Å²) in [6, 6.07) is 5.57. The summed E-state index contributed by atoms with van der Waals surface area (Å²) in [7, 11) is 0. The molecule has 1 unspecified atom stereocenters. The molecule has 1 aromatic carbocycles. The molecular weight excluding hydrogens is 318 g/mol. The first-order chi connectivity index (χ1) is 12.2. The Morgan fingerprint density at radius 2 is 2.20 bits per heavy atom. The highest BCUT2D eigenvalue weighted by Crippen LogP contribution is 2.38. The van der Waals surface area contributed by atoms with Crippen molar-refractivity contribution in [3.8, 4) is 0 Å². The SMILES string of the molecule is O=C(NC1CCOC2(CCCCC2)C1)c1ccc2nc(CO)[nH]c2c1. The Hall–Kier alpha value is -1.92. The summed E-state index contributed by atoms with van der Waals surface area (Å²) in [6.45, 7) is 0.588. The third-order valence-corrected chi connectivity index (χ3v) is 5.54. The van der Waals surface area contributed by atoms with E-state index in [1.807, 2.05) is 6.07 Å². The molecule has 2 aromatic rings. The molecule has 1 spiro atoms. The fourth-order valence-corrected chi connectivity index (χ4v) is 4.24. The maximum Gasteiger partial charge on any atom is 0.251 e. The van der Waals surface area contributed by atoms with Crippen molar-refractivity contribution in [3.05, 3.63) is 29.6 Å². The van der Waals surface area contributed by atoms with Crippen LogP contribution < -0.4 is 5.32 Å².